The first-order chi connectivity index (χ1) is 11.8. The van der Waals surface area contributed by atoms with Gasteiger partial charge in [0.2, 0.25) is 0 Å². The SMILES string of the molecule is CCOC(=O)N1CCC(NC(=O)c2cc(NC(C)(C)C)ccn2)CC1. The van der Waals surface area contributed by atoms with Crippen LogP contribution in [0.1, 0.15) is 51.0 Å². The number of rotatable bonds is 4. The van der Waals surface area contributed by atoms with Gasteiger partial charge >= 0.3 is 6.09 Å². The van der Waals surface area contributed by atoms with Gasteiger partial charge in [0.1, 0.15) is 5.69 Å². The third kappa shape index (κ3) is 5.92. The van der Waals surface area contributed by atoms with Crippen molar-refractivity contribution in [3.05, 3.63) is 24.0 Å². The van der Waals surface area contributed by atoms with Crippen LogP contribution >= 0.6 is 0 Å². The Bertz CT molecular complexity index is 605. The molecule has 25 heavy (non-hydrogen) atoms. The largest absolute Gasteiger partial charge is 0.450 e. The van der Waals surface area contributed by atoms with Gasteiger partial charge in [-0.2, -0.15) is 0 Å². The molecule has 0 spiro atoms. The van der Waals surface area contributed by atoms with Crippen LogP contribution in [-0.2, 0) is 4.74 Å². The number of likely N-dealkylation sites (tertiary alicyclic amines) is 1. The lowest BCUT2D eigenvalue weighted by Crippen LogP contribution is -2.46. The molecule has 2 amide bonds. The number of aromatic nitrogens is 1. The number of ether oxygens (including phenoxy) is 1. The summed E-state index contributed by atoms with van der Waals surface area (Å²) in [7, 11) is 0. The highest BCUT2D eigenvalue weighted by Gasteiger charge is 2.25. The van der Waals surface area contributed by atoms with E-state index in [0.29, 0.717) is 38.2 Å². The molecule has 0 bridgehead atoms. The Labute approximate surface area is 149 Å². The number of amides is 2. The van der Waals surface area contributed by atoms with Crippen molar-refractivity contribution in [3.63, 3.8) is 0 Å². The summed E-state index contributed by atoms with van der Waals surface area (Å²) in [6.07, 6.45) is 2.77. The normalized spacial score (nSPS) is 15.6. The summed E-state index contributed by atoms with van der Waals surface area (Å²) in [5, 5.41) is 6.34. The van der Waals surface area contributed by atoms with E-state index in [2.05, 4.69) is 36.4 Å². The Morgan fingerprint density at radius 3 is 2.60 bits per heavy atom. The first-order valence-corrected chi connectivity index (χ1v) is 8.75. The van der Waals surface area contributed by atoms with E-state index in [1.165, 1.54) is 0 Å². The van der Waals surface area contributed by atoms with Crippen molar-refractivity contribution >= 4 is 17.7 Å². The van der Waals surface area contributed by atoms with Gasteiger partial charge in [-0.25, -0.2) is 4.79 Å². The maximum atomic E-state index is 12.4. The second kappa shape index (κ2) is 8.18. The lowest BCUT2D eigenvalue weighted by atomic mass is 10.1. The first-order valence-electron chi connectivity index (χ1n) is 8.75. The molecule has 1 saturated heterocycles. The number of nitrogens with zero attached hydrogens (tertiary/aromatic N) is 2. The summed E-state index contributed by atoms with van der Waals surface area (Å²) >= 11 is 0. The lowest BCUT2D eigenvalue weighted by Gasteiger charge is -2.31. The summed E-state index contributed by atoms with van der Waals surface area (Å²) in [5.41, 5.74) is 1.17. The zero-order chi connectivity index (χ0) is 18.4. The number of carbonyl (C=O) groups is 2. The molecule has 0 saturated carbocycles. The average Bonchev–Trinajstić information content (AvgIpc) is 2.54. The summed E-state index contributed by atoms with van der Waals surface area (Å²) in [4.78, 5) is 30.0. The third-order valence-corrected chi connectivity index (χ3v) is 3.87. The van der Waals surface area contributed by atoms with Crippen LogP contribution in [0.4, 0.5) is 10.5 Å². The predicted octanol–water partition coefficient (Wildman–Crippen LogP) is 2.64. The molecule has 0 aromatic carbocycles. The van der Waals surface area contributed by atoms with Crippen molar-refractivity contribution in [2.24, 2.45) is 0 Å². The van der Waals surface area contributed by atoms with E-state index in [-0.39, 0.29) is 23.6 Å². The minimum atomic E-state index is -0.283. The molecule has 1 aliphatic heterocycles. The van der Waals surface area contributed by atoms with Crippen LogP contribution in [-0.4, -0.2) is 53.2 Å². The highest BCUT2D eigenvalue weighted by molar-refractivity contribution is 5.93. The van der Waals surface area contributed by atoms with E-state index in [0.717, 1.165) is 5.69 Å². The molecule has 7 nitrogen and oxygen atoms in total. The molecular formula is C18H28N4O3. The Morgan fingerprint density at radius 2 is 2.00 bits per heavy atom. The number of carbonyl (C=O) groups excluding carboxylic acids is 2. The zero-order valence-electron chi connectivity index (χ0n) is 15.5. The van der Waals surface area contributed by atoms with E-state index in [1.807, 2.05) is 6.07 Å². The Hall–Kier alpha value is -2.31. The number of pyridine rings is 1. The highest BCUT2D eigenvalue weighted by atomic mass is 16.6. The highest BCUT2D eigenvalue weighted by Crippen LogP contribution is 2.16. The Kier molecular flexibility index (Phi) is 6.22. The fourth-order valence-corrected chi connectivity index (χ4v) is 2.75. The third-order valence-electron chi connectivity index (χ3n) is 3.87. The zero-order valence-corrected chi connectivity index (χ0v) is 15.5. The van der Waals surface area contributed by atoms with E-state index in [4.69, 9.17) is 4.74 Å². The van der Waals surface area contributed by atoms with Gasteiger partial charge < -0.3 is 20.3 Å². The van der Waals surface area contributed by atoms with Crippen LogP contribution in [0.5, 0.6) is 0 Å². The molecule has 2 rings (SSSR count). The molecule has 1 aromatic heterocycles. The van der Waals surface area contributed by atoms with Crippen molar-refractivity contribution in [2.75, 3.05) is 25.0 Å². The molecule has 1 fully saturated rings. The fraction of sp³-hybridized carbons (Fsp3) is 0.611. The van der Waals surface area contributed by atoms with Crippen molar-refractivity contribution in [1.29, 1.82) is 0 Å². The van der Waals surface area contributed by atoms with E-state index >= 15 is 0 Å². The quantitative estimate of drug-likeness (QED) is 0.874. The summed E-state index contributed by atoms with van der Waals surface area (Å²) in [6, 6.07) is 3.65. The van der Waals surface area contributed by atoms with Crippen LogP contribution < -0.4 is 10.6 Å². The molecule has 0 radical (unpaired) electrons. The van der Waals surface area contributed by atoms with Crippen LogP contribution in [0.15, 0.2) is 18.3 Å². The number of nitrogens with one attached hydrogen (secondary N) is 2. The molecule has 2 N–H and O–H groups in total. The van der Waals surface area contributed by atoms with Gasteiger partial charge in [0.25, 0.3) is 5.91 Å². The van der Waals surface area contributed by atoms with Gasteiger partial charge in [-0.3, -0.25) is 9.78 Å². The first kappa shape index (κ1) is 19.0. The fourth-order valence-electron chi connectivity index (χ4n) is 2.75. The number of piperidine rings is 1. The van der Waals surface area contributed by atoms with Gasteiger partial charge in [0, 0.05) is 36.6 Å². The minimum Gasteiger partial charge on any atom is -0.450 e. The van der Waals surface area contributed by atoms with E-state index in [9.17, 15) is 9.59 Å². The monoisotopic (exact) mass is 348 g/mol. The molecule has 1 aliphatic rings. The molecule has 0 unspecified atom stereocenters. The van der Waals surface area contributed by atoms with Crippen molar-refractivity contribution in [3.8, 4) is 0 Å². The Balaban J connectivity index is 1.89. The standard InChI is InChI=1S/C18H28N4O3/c1-5-25-17(24)22-10-7-13(8-11-22)20-16(23)15-12-14(6-9-19-15)21-18(2,3)4/h6,9,12-13H,5,7-8,10-11H2,1-4H3,(H,19,21)(H,20,23). The summed E-state index contributed by atoms with van der Waals surface area (Å²) in [6.45, 7) is 9.52. The van der Waals surface area contributed by atoms with Crippen molar-refractivity contribution in [1.82, 2.24) is 15.2 Å². The van der Waals surface area contributed by atoms with Crippen LogP contribution in [0.2, 0.25) is 0 Å². The summed E-state index contributed by atoms with van der Waals surface area (Å²) in [5.74, 6) is -0.188. The van der Waals surface area contributed by atoms with E-state index < -0.39 is 0 Å². The summed E-state index contributed by atoms with van der Waals surface area (Å²) < 4.78 is 5.00. The van der Waals surface area contributed by atoms with Crippen LogP contribution in [0, 0.1) is 0 Å². The number of hydrogen-bond acceptors (Lipinski definition) is 5. The molecular weight excluding hydrogens is 320 g/mol. The average molecular weight is 348 g/mol. The van der Waals surface area contributed by atoms with Gasteiger partial charge in [-0.15, -0.1) is 0 Å². The lowest BCUT2D eigenvalue weighted by molar-refractivity contribution is 0.0856. The smallest absolute Gasteiger partial charge is 0.409 e. The molecule has 0 atom stereocenters. The van der Waals surface area contributed by atoms with Gasteiger partial charge in [0.05, 0.1) is 6.61 Å². The second-order valence-electron chi connectivity index (χ2n) is 7.24. The van der Waals surface area contributed by atoms with Gasteiger partial charge in [-0.05, 0) is 52.7 Å². The second-order valence-corrected chi connectivity index (χ2v) is 7.24. The van der Waals surface area contributed by atoms with Gasteiger partial charge in [-0.1, -0.05) is 0 Å². The molecule has 0 aliphatic carbocycles. The van der Waals surface area contributed by atoms with Crippen LogP contribution in [0.25, 0.3) is 0 Å². The Morgan fingerprint density at radius 1 is 1.32 bits per heavy atom. The van der Waals surface area contributed by atoms with Crippen molar-refractivity contribution in [2.45, 2.75) is 52.1 Å². The molecule has 138 valence electrons. The maximum absolute atomic E-state index is 12.4. The number of hydrogen-bond donors (Lipinski definition) is 2. The number of anilines is 1. The van der Waals surface area contributed by atoms with Crippen LogP contribution in [0.3, 0.4) is 0 Å². The van der Waals surface area contributed by atoms with E-state index in [1.54, 1.807) is 24.1 Å². The minimum absolute atomic E-state index is 0.0409. The molecule has 1 aromatic rings. The molecule has 2 heterocycles. The van der Waals surface area contributed by atoms with Crippen molar-refractivity contribution < 1.29 is 14.3 Å². The molecule has 7 heteroatoms. The predicted molar refractivity (Wildman–Crippen MR) is 96.7 cm³/mol. The van der Waals surface area contributed by atoms with Gasteiger partial charge in [0.15, 0.2) is 0 Å². The maximum Gasteiger partial charge on any atom is 0.409 e. The topological polar surface area (TPSA) is 83.6 Å².